The summed E-state index contributed by atoms with van der Waals surface area (Å²) in [6, 6.07) is 5.29. The summed E-state index contributed by atoms with van der Waals surface area (Å²) in [5.74, 6) is -1.15. The molecular weight excluding hydrogens is 368 g/mol. The molecule has 0 bridgehead atoms. The van der Waals surface area contributed by atoms with Crippen molar-refractivity contribution in [3.05, 3.63) is 29.8 Å². The van der Waals surface area contributed by atoms with Crippen molar-refractivity contribution in [2.24, 2.45) is 0 Å². The molecule has 0 aliphatic heterocycles. The molecule has 1 amide bonds. The largest absolute Gasteiger partial charge is 0.451 e. The number of carbonyl (C=O) groups is 2. The van der Waals surface area contributed by atoms with Gasteiger partial charge in [0.2, 0.25) is 10.0 Å². The number of nitrogens with one attached hydrogen (secondary N) is 2. The van der Waals surface area contributed by atoms with E-state index in [1.807, 2.05) is 6.92 Å². The molecule has 1 saturated carbocycles. The van der Waals surface area contributed by atoms with E-state index in [4.69, 9.17) is 4.74 Å². The molecule has 2 N–H and O–H groups in total. The number of ether oxygens (including phenoxy) is 1. The van der Waals surface area contributed by atoms with Gasteiger partial charge >= 0.3 is 5.97 Å². The Labute approximate surface area is 160 Å². The van der Waals surface area contributed by atoms with Gasteiger partial charge in [-0.3, -0.25) is 9.59 Å². The van der Waals surface area contributed by atoms with E-state index in [-0.39, 0.29) is 16.8 Å². The highest BCUT2D eigenvalue weighted by atomic mass is 32.2. The van der Waals surface area contributed by atoms with Gasteiger partial charge in [-0.05, 0) is 45.7 Å². The summed E-state index contributed by atoms with van der Waals surface area (Å²) in [5.41, 5.74) is 0.930. The molecule has 1 aliphatic rings. The number of sulfonamides is 1. The number of aryl methyl sites for hydroxylation is 1. The molecule has 27 heavy (non-hydrogen) atoms. The Bertz CT molecular complexity index is 755. The molecule has 0 saturated heterocycles. The first-order chi connectivity index (χ1) is 12.7. The first-order valence-electron chi connectivity index (χ1n) is 9.29. The standard InChI is InChI=1S/C19H28N2O5S/c1-13-9-11-17(12-10-13)27(24,25)21-14(2)19(23)26-15(3)18(22)20-16-7-5-4-6-8-16/h9-12,14-16,21H,4-8H2,1-3H3,(H,20,22)/t14-,15-/m1/s1. The summed E-state index contributed by atoms with van der Waals surface area (Å²) in [6.07, 6.45) is 4.22. The Morgan fingerprint density at radius 1 is 1.07 bits per heavy atom. The number of rotatable bonds is 7. The third-order valence-corrected chi connectivity index (χ3v) is 6.19. The number of esters is 1. The minimum absolute atomic E-state index is 0.0656. The average molecular weight is 397 g/mol. The molecule has 1 aliphatic carbocycles. The van der Waals surface area contributed by atoms with Crippen molar-refractivity contribution in [1.82, 2.24) is 10.0 Å². The summed E-state index contributed by atoms with van der Waals surface area (Å²) >= 11 is 0. The fraction of sp³-hybridized carbons (Fsp3) is 0.579. The van der Waals surface area contributed by atoms with Crippen LogP contribution in [0.5, 0.6) is 0 Å². The fourth-order valence-electron chi connectivity index (χ4n) is 2.96. The first kappa shape index (κ1) is 21.4. The van der Waals surface area contributed by atoms with Crippen molar-refractivity contribution in [2.45, 2.75) is 76.0 Å². The molecule has 0 heterocycles. The van der Waals surface area contributed by atoms with Crippen LogP contribution in [0.15, 0.2) is 29.2 Å². The van der Waals surface area contributed by atoms with Gasteiger partial charge in [-0.2, -0.15) is 4.72 Å². The van der Waals surface area contributed by atoms with E-state index in [0.29, 0.717) is 0 Å². The highest BCUT2D eigenvalue weighted by molar-refractivity contribution is 7.89. The van der Waals surface area contributed by atoms with Crippen molar-refractivity contribution in [1.29, 1.82) is 0 Å². The summed E-state index contributed by atoms with van der Waals surface area (Å²) < 4.78 is 32.1. The van der Waals surface area contributed by atoms with Crippen molar-refractivity contribution >= 4 is 21.9 Å². The maximum Gasteiger partial charge on any atom is 0.324 e. The Morgan fingerprint density at radius 3 is 2.26 bits per heavy atom. The smallest absolute Gasteiger partial charge is 0.324 e. The Balaban J connectivity index is 1.88. The van der Waals surface area contributed by atoms with Crippen LogP contribution in [-0.2, 0) is 24.3 Å². The Kier molecular flexibility index (Phi) is 7.38. The van der Waals surface area contributed by atoms with Crippen molar-refractivity contribution in [3.63, 3.8) is 0 Å². The second-order valence-electron chi connectivity index (χ2n) is 7.08. The van der Waals surface area contributed by atoms with Crippen LogP contribution in [0, 0.1) is 6.92 Å². The van der Waals surface area contributed by atoms with Crippen LogP contribution in [0.3, 0.4) is 0 Å². The molecule has 1 aromatic rings. The van der Waals surface area contributed by atoms with Crippen LogP contribution in [0.1, 0.15) is 51.5 Å². The zero-order valence-corrected chi connectivity index (χ0v) is 16.8. The van der Waals surface area contributed by atoms with Gasteiger partial charge in [0.05, 0.1) is 4.90 Å². The molecule has 1 aromatic carbocycles. The molecule has 7 nitrogen and oxygen atoms in total. The topological polar surface area (TPSA) is 102 Å². The second kappa shape index (κ2) is 9.32. The predicted molar refractivity (Wildman–Crippen MR) is 102 cm³/mol. The summed E-state index contributed by atoms with van der Waals surface area (Å²) in [6.45, 7) is 4.72. The van der Waals surface area contributed by atoms with E-state index in [1.54, 1.807) is 12.1 Å². The quantitative estimate of drug-likeness (QED) is 0.687. The van der Waals surface area contributed by atoms with Gasteiger partial charge in [0.1, 0.15) is 6.04 Å². The molecule has 0 spiro atoms. The van der Waals surface area contributed by atoms with Gasteiger partial charge in [-0.1, -0.05) is 37.0 Å². The van der Waals surface area contributed by atoms with Crippen LogP contribution < -0.4 is 10.0 Å². The number of benzene rings is 1. The molecule has 150 valence electrons. The number of hydrogen-bond donors (Lipinski definition) is 2. The van der Waals surface area contributed by atoms with Crippen LogP contribution in [0.4, 0.5) is 0 Å². The van der Waals surface area contributed by atoms with Crippen LogP contribution in [0.2, 0.25) is 0 Å². The van der Waals surface area contributed by atoms with Crippen molar-refractivity contribution in [3.8, 4) is 0 Å². The molecule has 0 unspecified atom stereocenters. The number of hydrogen-bond acceptors (Lipinski definition) is 5. The van der Waals surface area contributed by atoms with Gasteiger partial charge in [-0.25, -0.2) is 8.42 Å². The highest BCUT2D eigenvalue weighted by Crippen LogP contribution is 2.17. The lowest BCUT2D eigenvalue weighted by molar-refractivity contribution is -0.156. The lowest BCUT2D eigenvalue weighted by Crippen LogP contribution is -2.46. The van der Waals surface area contributed by atoms with Gasteiger partial charge in [-0.15, -0.1) is 0 Å². The SMILES string of the molecule is Cc1ccc(S(=O)(=O)N[C@H](C)C(=O)O[C@H](C)C(=O)NC2CCCCC2)cc1. The van der Waals surface area contributed by atoms with Gasteiger partial charge in [0, 0.05) is 6.04 Å². The first-order valence-corrected chi connectivity index (χ1v) is 10.8. The minimum Gasteiger partial charge on any atom is -0.451 e. The normalized spacial score (nSPS) is 17.7. The fourth-order valence-corrected chi connectivity index (χ4v) is 4.15. The lowest BCUT2D eigenvalue weighted by atomic mass is 9.95. The maximum absolute atomic E-state index is 12.3. The molecule has 1 fully saturated rings. The zero-order chi connectivity index (χ0) is 20.0. The zero-order valence-electron chi connectivity index (χ0n) is 16.0. The summed E-state index contributed by atoms with van der Waals surface area (Å²) in [7, 11) is -3.85. The molecule has 8 heteroatoms. The third kappa shape index (κ3) is 6.32. The van der Waals surface area contributed by atoms with Gasteiger partial charge in [0.15, 0.2) is 6.10 Å². The molecular formula is C19H28N2O5S. The molecule has 0 aromatic heterocycles. The van der Waals surface area contributed by atoms with Crippen LogP contribution >= 0.6 is 0 Å². The van der Waals surface area contributed by atoms with E-state index >= 15 is 0 Å². The number of amides is 1. The van der Waals surface area contributed by atoms with Crippen molar-refractivity contribution < 1.29 is 22.7 Å². The minimum atomic E-state index is -3.85. The molecule has 2 atom stereocenters. The summed E-state index contributed by atoms with van der Waals surface area (Å²) in [5, 5.41) is 2.89. The van der Waals surface area contributed by atoms with Crippen LogP contribution in [0.25, 0.3) is 0 Å². The van der Waals surface area contributed by atoms with Crippen molar-refractivity contribution in [2.75, 3.05) is 0 Å². The van der Waals surface area contributed by atoms with Gasteiger partial charge in [0.25, 0.3) is 5.91 Å². The van der Waals surface area contributed by atoms with E-state index in [0.717, 1.165) is 31.2 Å². The average Bonchev–Trinajstić information content (AvgIpc) is 2.62. The lowest BCUT2D eigenvalue weighted by Gasteiger charge is -2.24. The highest BCUT2D eigenvalue weighted by Gasteiger charge is 2.27. The number of carbonyl (C=O) groups excluding carboxylic acids is 2. The van der Waals surface area contributed by atoms with Gasteiger partial charge < -0.3 is 10.1 Å². The molecule has 2 rings (SSSR count). The van der Waals surface area contributed by atoms with E-state index < -0.39 is 28.1 Å². The van der Waals surface area contributed by atoms with E-state index in [9.17, 15) is 18.0 Å². The summed E-state index contributed by atoms with van der Waals surface area (Å²) in [4.78, 5) is 24.4. The van der Waals surface area contributed by atoms with E-state index in [1.165, 1.54) is 32.4 Å². The third-order valence-electron chi connectivity index (χ3n) is 4.63. The Morgan fingerprint density at radius 2 is 1.67 bits per heavy atom. The maximum atomic E-state index is 12.3. The van der Waals surface area contributed by atoms with Crippen LogP contribution in [-0.4, -0.2) is 38.5 Å². The molecule has 0 radical (unpaired) electrons. The Hall–Kier alpha value is -1.93. The van der Waals surface area contributed by atoms with E-state index in [2.05, 4.69) is 10.0 Å². The second-order valence-corrected chi connectivity index (χ2v) is 8.79. The monoisotopic (exact) mass is 396 g/mol. The predicted octanol–water partition coefficient (Wildman–Crippen LogP) is 2.04.